The van der Waals surface area contributed by atoms with Crippen molar-refractivity contribution in [3.63, 3.8) is 0 Å². The monoisotopic (exact) mass is 106 g/mol. The minimum absolute atomic E-state index is 0.0521. The van der Waals surface area contributed by atoms with E-state index in [0.29, 0.717) is 5.75 Å². The fraction of sp³-hybridized carbons (Fsp3) is 1.00. The summed E-state index contributed by atoms with van der Waals surface area (Å²) in [4.78, 5) is 0. The molecule has 0 aliphatic heterocycles. The Morgan fingerprint density at radius 2 is 2.33 bits per heavy atom. The van der Waals surface area contributed by atoms with E-state index < -0.39 is 11.2 Å². The third-order valence-corrected chi connectivity index (χ3v) is 1.45. The van der Waals surface area contributed by atoms with E-state index >= 15 is 0 Å². The lowest BCUT2D eigenvalue weighted by Gasteiger charge is -2.00. The van der Waals surface area contributed by atoms with E-state index in [0.717, 1.165) is 0 Å². The Morgan fingerprint density at radius 3 is 2.33 bits per heavy atom. The first kappa shape index (κ1) is 6.27. The Labute approximate surface area is 40.9 Å². The van der Waals surface area contributed by atoms with E-state index in [2.05, 4.69) is 0 Å². The zero-order chi connectivity index (χ0) is 4.99. The lowest BCUT2D eigenvalue weighted by atomic mass is 11.0. The van der Waals surface area contributed by atoms with E-state index in [-0.39, 0.29) is 5.88 Å². The zero-order valence-electron chi connectivity index (χ0n) is 3.73. The molecule has 6 heavy (non-hydrogen) atoms. The van der Waals surface area contributed by atoms with Gasteiger partial charge in [0.2, 0.25) is 0 Å². The van der Waals surface area contributed by atoms with Crippen molar-refractivity contribution in [2.24, 2.45) is 0 Å². The molecule has 3 heteroatoms. The Bertz CT molecular complexity index is 30.0. The third kappa shape index (κ3) is 2.50. The van der Waals surface area contributed by atoms with Crippen LogP contribution in [0.3, 0.4) is 0 Å². The van der Waals surface area contributed by atoms with Crippen molar-refractivity contribution in [2.45, 2.75) is 6.92 Å². The van der Waals surface area contributed by atoms with Gasteiger partial charge in [-0.1, -0.05) is 0 Å². The van der Waals surface area contributed by atoms with Gasteiger partial charge in [-0.05, 0) is 18.1 Å². The third-order valence-electron chi connectivity index (χ3n) is 0.483. The van der Waals surface area contributed by atoms with Crippen LogP contribution in [-0.4, -0.2) is 16.2 Å². The van der Waals surface area contributed by atoms with Gasteiger partial charge in [0.1, 0.15) is 5.75 Å². The summed E-state index contributed by atoms with van der Waals surface area (Å²) in [5.41, 5.74) is 6.51. The molecule has 0 spiro atoms. The molecule has 0 heterocycles. The van der Waals surface area contributed by atoms with Gasteiger partial charge in [-0.2, -0.15) is 0 Å². The van der Waals surface area contributed by atoms with Crippen molar-refractivity contribution in [1.29, 1.82) is 0 Å². The van der Waals surface area contributed by atoms with Crippen LogP contribution in [0.4, 0.5) is 0 Å². The summed E-state index contributed by atoms with van der Waals surface area (Å²) in [6, 6.07) is 0. The lowest BCUT2D eigenvalue weighted by molar-refractivity contribution is 0.596. The molecule has 0 aromatic carbocycles. The van der Waals surface area contributed by atoms with Gasteiger partial charge in [-0.3, -0.25) is 0 Å². The van der Waals surface area contributed by atoms with Crippen LogP contribution in [0.1, 0.15) is 6.92 Å². The molecule has 0 aromatic rings. The maximum atomic E-state index is 10.1. The summed E-state index contributed by atoms with van der Waals surface area (Å²) in [5, 5.41) is 0. The van der Waals surface area contributed by atoms with E-state index in [4.69, 9.17) is 5.73 Å². The van der Waals surface area contributed by atoms with Crippen LogP contribution in [0.5, 0.6) is 0 Å². The fourth-order valence-electron chi connectivity index (χ4n) is 0.102. The molecule has 0 saturated heterocycles. The molecule has 37 valence electrons. The van der Waals surface area contributed by atoms with Gasteiger partial charge in [0.15, 0.2) is 5.88 Å². The molecule has 0 fully saturated rings. The van der Waals surface area contributed by atoms with Gasteiger partial charge in [0, 0.05) is 0 Å². The van der Waals surface area contributed by atoms with Crippen LogP contribution in [-0.2, 0) is 11.2 Å². The summed E-state index contributed by atoms with van der Waals surface area (Å²) in [6.07, 6.45) is 0. The molecule has 1 unspecified atom stereocenters. The summed E-state index contributed by atoms with van der Waals surface area (Å²) in [5.74, 6) is 0.667. The highest BCUT2D eigenvalue weighted by atomic mass is 32.2. The normalized spacial score (nSPS) is 14.5. The second kappa shape index (κ2) is 3.46. The number of hydrogen-bond acceptors (Lipinski definition) is 1. The van der Waals surface area contributed by atoms with E-state index in [9.17, 15) is 4.55 Å². The van der Waals surface area contributed by atoms with Gasteiger partial charge in [-0.15, -0.1) is 0 Å². The predicted molar refractivity (Wildman–Crippen MR) is 26.6 cm³/mol. The first-order valence-corrected chi connectivity index (χ1v) is 3.29. The first-order valence-electron chi connectivity index (χ1n) is 1.80. The van der Waals surface area contributed by atoms with Crippen LogP contribution in [0.25, 0.3) is 0 Å². The van der Waals surface area contributed by atoms with Crippen molar-refractivity contribution in [3.8, 4) is 0 Å². The van der Waals surface area contributed by atoms with Gasteiger partial charge in [-0.25, -0.2) is 5.73 Å². The minimum Gasteiger partial charge on any atom is -0.615 e. The summed E-state index contributed by atoms with van der Waals surface area (Å²) < 4.78 is 10.1. The SMILES string of the molecule is CC[S+]([O-])C[NH]. The number of nitrogens with one attached hydrogen (secondary N) is 1. The summed E-state index contributed by atoms with van der Waals surface area (Å²) in [7, 11) is 0. The Balaban J connectivity index is 2.75. The summed E-state index contributed by atoms with van der Waals surface area (Å²) in [6.45, 7) is 1.81. The van der Waals surface area contributed by atoms with Gasteiger partial charge >= 0.3 is 0 Å². The first-order chi connectivity index (χ1) is 2.81. The predicted octanol–water partition coefficient (Wildman–Crippen LogP) is -0.00460. The molecular formula is C3H8NOS. The van der Waals surface area contributed by atoms with Crippen LogP contribution < -0.4 is 5.73 Å². The van der Waals surface area contributed by atoms with Gasteiger partial charge in [0.05, 0.1) is 0 Å². The molecule has 0 aromatic heterocycles. The topological polar surface area (TPSA) is 46.9 Å². The molecule has 0 aliphatic carbocycles. The molecule has 1 atom stereocenters. The molecule has 1 N–H and O–H groups in total. The average molecular weight is 106 g/mol. The van der Waals surface area contributed by atoms with Crippen molar-refractivity contribution in [3.05, 3.63) is 0 Å². The molecule has 2 nitrogen and oxygen atoms in total. The standard InChI is InChI=1S/C3H8NOS/c1-2-6(5)3-4/h4H,2-3H2,1H3. The van der Waals surface area contributed by atoms with Crippen LogP contribution in [0.2, 0.25) is 0 Å². The lowest BCUT2D eigenvalue weighted by Crippen LogP contribution is -2.08. The summed E-state index contributed by atoms with van der Waals surface area (Å²) >= 11 is -0.867. The molecule has 0 bridgehead atoms. The molecule has 1 radical (unpaired) electrons. The number of rotatable bonds is 2. The van der Waals surface area contributed by atoms with E-state index in [1.54, 1.807) is 0 Å². The number of hydrogen-bond donors (Lipinski definition) is 0. The minimum atomic E-state index is -0.867. The Hall–Kier alpha value is 0.270. The largest absolute Gasteiger partial charge is 0.615 e. The highest BCUT2D eigenvalue weighted by molar-refractivity contribution is 7.91. The van der Waals surface area contributed by atoms with Crippen molar-refractivity contribution in [1.82, 2.24) is 5.73 Å². The smallest absolute Gasteiger partial charge is 0.169 e. The van der Waals surface area contributed by atoms with Gasteiger partial charge in [0.25, 0.3) is 0 Å². The maximum absolute atomic E-state index is 10.1. The molecular weight excluding hydrogens is 98.1 g/mol. The van der Waals surface area contributed by atoms with Crippen molar-refractivity contribution >= 4 is 11.2 Å². The van der Waals surface area contributed by atoms with Crippen LogP contribution in [0, 0.1) is 0 Å². The molecule has 0 rings (SSSR count). The highest BCUT2D eigenvalue weighted by Crippen LogP contribution is 1.81. The Morgan fingerprint density at radius 1 is 1.83 bits per heavy atom. The second-order valence-corrected chi connectivity index (χ2v) is 2.62. The van der Waals surface area contributed by atoms with Crippen molar-refractivity contribution < 1.29 is 4.55 Å². The molecule has 0 saturated carbocycles. The van der Waals surface area contributed by atoms with Crippen LogP contribution >= 0.6 is 0 Å². The van der Waals surface area contributed by atoms with Gasteiger partial charge < -0.3 is 4.55 Å². The average Bonchev–Trinajstić information content (AvgIpc) is 1.65. The second-order valence-electron chi connectivity index (χ2n) is 0.873. The van der Waals surface area contributed by atoms with E-state index in [1.807, 2.05) is 6.92 Å². The quantitative estimate of drug-likeness (QED) is 0.457. The fourth-order valence-corrected chi connectivity index (χ4v) is 0.306. The molecule has 0 aliphatic rings. The maximum Gasteiger partial charge on any atom is 0.169 e. The van der Waals surface area contributed by atoms with Crippen molar-refractivity contribution in [2.75, 3.05) is 11.6 Å². The van der Waals surface area contributed by atoms with E-state index in [1.165, 1.54) is 0 Å². The Kier molecular flexibility index (Phi) is 3.62. The zero-order valence-corrected chi connectivity index (χ0v) is 4.55. The van der Waals surface area contributed by atoms with Crippen LogP contribution in [0.15, 0.2) is 0 Å². The highest BCUT2D eigenvalue weighted by Gasteiger charge is 1.92. The molecule has 0 amide bonds.